The zero-order chi connectivity index (χ0) is 14.2. The summed E-state index contributed by atoms with van der Waals surface area (Å²) in [6.45, 7) is 4.90. The summed E-state index contributed by atoms with van der Waals surface area (Å²) in [5, 5.41) is 11.6. The first-order valence-electron chi connectivity index (χ1n) is 7.35. The number of tetrazole rings is 1. The van der Waals surface area contributed by atoms with Crippen LogP contribution in [-0.4, -0.2) is 26.8 Å². The SMILES string of the molecule is CCCCCc1cccc(-n2nnnc2OCCC)c1. The van der Waals surface area contributed by atoms with Crippen molar-refractivity contribution in [3.8, 4) is 11.7 Å². The highest BCUT2D eigenvalue weighted by atomic mass is 16.5. The van der Waals surface area contributed by atoms with E-state index in [1.54, 1.807) is 4.68 Å². The Morgan fingerprint density at radius 1 is 1.15 bits per heavy atom. The van der Waals surface area contributed by atoms with E-state index in [1.807, 2.05) is 12.1 Å². The van der Waals surface area contributed by atoms with Crippen molar-refractivity contribution in [2.75, 3.05) is 6.61 Å². The summed E-state index contributed by atoms with van der Waals surface area (Å²) in [5.74, 6) is 0. The molecule has 0 aliphatic carbocycles. The number of nitrogens with zero attached hydrogens (tertiary/aromatic N) is 4. The summed E-state index contributed by atoms with van der Waals surface area (Å²) in [7, 11) is 0. The van der Waals surface area contributed by atoms with E-state index in [2.05, 4.69) is 41.5 Å². The molecule has 1 aromatic heterocycles. The molecule has 108 valence electrons. The van der Waals surface area contributed by atoms with Crippen LogP contribution in [-0.2, 0) is 6.42 Å². The summed E-state index contributed by atoms with van der Waals surface area (Å²) < 4.78 is 7.20. The zero-order valence-electron chi connectivity index (χ0n) is 12.2. The minimum Gasteiger partial charge on any atom is -0.462 e. The minimum absolute atomic E-state index is 0.456. The van der Waals surface area contributed by atoms with Crippen LogP contribution in [0.25, 0.3) is 5.69 Å². The molecule has 5 heteroatoms. The smallest absolute Gasteiger partial charge is 0.340 e. The summed E-state index contributed by atoms with van der Waals surface area (Å²) in [6, 6.07) is 8.78. The number of rotatable bonds is 8. The summed E-state index contributed by atoms with van der Waals surface area (Å²) in [6.07, 6.45) is 5.75. The Bertz CT molecular complexity index is 524. The largest absolute Gasteiger partial charge is 0.462 e. The molecule has 1 heterocycles. The fraction of sp³-hybridized carbons (Fsp3) is 0.533. The third-order valence-electron chi connectivity index (χ3n) is 3.10. The molecule has 0 radical (unpaired) electrons. The Hall–Kier alpha value is -1.91. The Morgan fingerprint density at radius 2 is 2.05 bits per heavy atom. The topological polar surface area (TPSA) is 52.8 Å². The zero-order valence-corrected chi connectivity index (χ0v) is 12.2. The highest BCUT2D eigenvalue weighted by Crippen LogP contribution is 2.16. The molecule has 0 unspecified atom stereocenters. The van der Waals surface area contributed by atoms with Crippen LogP contribution < -0.4 is 4.74 Å². The number of unbranched alkanes of at least 4 members (excludes halogenated alkanes) is 2. The highest BCUT2D eigenvalue weighted by Gasteiger charge is 2.09. The van der Waals surface area contributed by atoms with E-state index in [1.165, 1.54) is 24.8 Å². The van der Waals surface area contributed by atoms with Crippen LogP contribution in [0.1, 0.15) is 45.1 Å². The van der Waals surface area contributed by atoms with Crippen molar-refractivity contribution in [2.45, 2.75) is 46.0 Å². The first-order chi connectivity index (χ1) is 9.85. The van der Waals surface area contributed by atoms with Gasteiger partial charge in [-0.25, -0.2) is 0 Å². The average Bonchev–Trinajstić information content (AvgIpc) is 2.94. The van der Waals surface area contributed by atoms with Crippen molar-refractivity contribution in [1.29, 1.82) is 0 Å². The monoisotopic (exact) mass is 274 g/mol. The molecule has 0 atom stereocenters. The second kappa shape index (κ2) is 7.62. The van der Waals surface area contributed by atoms with Gasteiger partial charge < -0.3 is 4.74 Å². The van der Waals surface area contributed by atoms with Crippen molar-refractivity contribution in [3.05, 3.63) is 29.8 Å². The van der Waals surface area contributed by atoms with Gasteiger partial charge in [0.1, 0.15) is 0 Å². The Labute approximate surface area is 120 Å². The van der Waals surface area contributed by atoms with Gasteiger partial charge in [0.15, 0.2) is 0 Å². The van der Waals surface area contributed by atoms with Crippen molar-refractivity contribution < 1.29 is 4.74 Å². The summed E-state index contributed by atoms with van der Waals surface area (Å²) in [5.41, 5.74) is 2.27. The molecule has 0 bridgehead atoms. The standard InChI is InChI=1S/C15H22N4O/c1-3-5-6-8-13-9-7-10-14(12-13)19-15(16-17-18-19)20-11-4-2/h7,9-10,12H,3-6,8,11H2,1-2H3. The van der Waals surface area contributed by atoms with Crippen molar-refractivity contribution in [3.63, 3.8) is 0 Å². The van der Waals surface area contributed by atoms with Gasteiger partial charge in [0.2, 0.25) is 0 Å². The molecule has 0 N–H and O–H groups in total. The van der Waals surface area contributed by atoms with Gasteiger partial charge >= 0.3 is 6.01 Å². The molecule has 0 spiro atoms. The van der Waals surface area contributed by atoms with Gasteiger partial charge in [-0.05, 0) is 47.4 Å². The van der Waals surface area contributed by atoms with E-state index in [-0.39, 0.29) is 0 Å². The second-order valence-corrected chi connectivity index (χ2v) is 4.85. The first-order valence-corrected chi connectivity index (χ1v) is 7.35. The molecule has 0 fully saturated rings. The molecular formula is C15H22N4O. The minimum atomic E-state index is 0.456. The normalized spacial score (nSPS) is 10.7. The quantitative estimate of drug-likeness (QED) is 0.694. The van der Waals surface area contributed by atoms with E-state index in [4.69, 9.17) is 4.74 Å². The van der Waals surface area contributed by atoms with Crippen molar-refractivity contribution >= 4 is 0 Å². The van der Waals surface area contributed by atoms with Gasteiger partial charge in [0.25, 0.3) is 0 Å². The molecule has 20 heavy (non-hydrogen) atoms. The molecule has 2 aromatic rings. The fourth-order valence-corrected chi connectivity index (χ4v) is 2.05. The number of hydrogen-bond acceptors (Lipinski definition) is 4. The molecule has 1 aromatic carbocycles. The van der Waals surface area contributed by atoms with E-state index in [9.17, 15) is 0 Å². The third kappa shape index (κ3) is 3.79. The summed E-state index contributed by atoms with van der Waals surface area (Å²) in [4.78, 5) is 0. The van der Waals surface area contributed by atoms with Gasteiger partial charge in [-0.2, -0.15) is 4.68 Å². The Morgan fingerprint density at radius 3 is 2.85 bits per heavy atom. The number of aryl methyl sites for hydroxylation is 1. The maximum atomic E-state index is 5.55. The predicted molar refractivity (Wildman–Crippen MR) is 78.2 cm³/mol. The van der Waals surface area contributed by atoms with E-state index < -0.39 is 0 Å². The van der Waals surface area contributed by atoms with Gasteiger partial charge in [0.05, 0.1) is 12.3 Å². The van der Waals surface area contributed by atoms with E-state index >= 15 is 0 Å². The van der Waals surface area contributed by atoms with Gasteiger partial charge in [-0.1, -0.05) is 43.9 Å². The lowest BCUT2D eigenvalue weighted by atomic mass is 10.1. The van der Waals surface area contributed by atoms with Crippen molar-refractivity contribution in [2.24, 2.45) is 0 Å². The molecular weight excluding hydrogens is 252 g/mol. The van der Waals surface area contributed by atoms with Crippen LogP contribution in [0.2, 0.25) is 0 Å². The number of ether oxygens (including phenoxy) is 1. The molecule has 0 aliphatic rings. The maximum absolute atomic E-state index is 5.55. The second-order valence-electron chi connectivity index (χ2n) is 4.85. The van der Waals surface area contributed by atoms with E-state index in [0.717, 1.165) is 18.5 Å². The van der Waals surface area contributed by atoms with Crippen molar-refractivity contribution in [1.82, 2.24) is 20.2 Å². The number of aromatic nitrogens is 4. The highest BCUT2D eigenvalue weighted by molar-refractivity contribution is 5.36. The number of benzene rings is 1. The lowest BCUT2D eigenvalue weighted by molar-refractivity contribution is 0.284. The first kappa shape index (κ1) is 14.5. The lowest BCUT2D eigenvalue weighted by Gasteiger charge is -2.07. The summed E-state index contributed by atoms with van der Waals surface area (Å²) >= 11 is 0. The van der Waals surface area contributed by atoms with Gasteiger partial charge in [-0.15, -0.1) is 0 Å². The van der Waals surface area contributed by atoms with Gasteiger partial charge in [-0.3, -0.25) is 0 Å². The fourth-order valence-electron chi connectivity index (χ4n) is 2.05. The van der Waals surface area contributed by atoms with Crippen LogP contribution in [0.5, 0.6) is 6.01 Å². The van der Waals surface area contributed by atoms with Crippen LogP contribution in [0.15, 0.2) is 24.3 Å². The Balaban J connectivity index is 2.12. The van der Waals surface area contributed by atoms with Gasteiger partial charge in [0, 0.05) is 0 Å². The maximum Gasteiger partial charge on any atom is 0.340 e. The molecule has 2 rings (SSSR count). The predicted octanol–water partition coefficient (Wildman–Crippen LogP) is 3.18. The van der Waals surface area contributed by atoms with Crippen LogP contribution in [0.3, 0.4) is 0 Å². The average molecular weight is 274 g/mol. The molecule has 5 nitrogen and oxygen atoms in total. The molecule has 0 saturated heterocycles. The lowest BCUT2D eigenvalue weighted by Crippen LogP contribution is -2.05. The van der Waals surface area contributed by atoms with Crippen LogP contribution in [0.4, 0.5) is 0 Å². The van der Waals surface area contributed by atoms with Crippen LogP contribution in [0, 0.1) is 0 Å². The Kier molecular flexibility index (Phi) is 5.53. The molecule has 0 saturated carbocycles. The molecule has 0 amide bonds. The molecule has 0 aliphatic heterocycles. The third-order valence-corrected chi connectivity index (χ3v) is 3.10. The number of hydrogen-bond donors (Lipinski definition) is 0. The van der Waals surface area contributed by atoms with Crippen LogP contribution >= 0.6 is 0 Å². The van der Waals surface area contributed by atoms with E-state index in [0.29, 0.717) is 12.6 Å².